The van der Waals surface area contributed by atoms with E-state index in [1.165, 1.54) is 0 Å². The van der Waals surface area contributed by atoms with Gasteiger partial charge in [0.15, 0.2) is 0 Å². The Morgan fingerprint density at radius 2 is 1.13 bits per heavy atom. The SMILES string of the molecule is CCCOC(C)(C)[N]C(C)(C)OCCC. The molecular weight excluding hydrogens is 190 g/mol. The lowest BCUT2D eigenvalue weighted by Crippen LogP contribution is -2.49. The molecular formula is C12H26NO2. The average molecular weight is 216 g/mol. The fourth-order valence-electron chi connectivity index (χ4n) is 1.42. The second-order valence-electron chi connectivity index (χ2n) is 4.70. The van der Waals surface area contributed by atoms with Crippen molar-refractivity contribution in [2.24, 2.45) is 0 Å². The summed E-state index contributed by atoms with van der Waals surface area (Å²) in [6.07, 6.45) is 2.02. The molecule has 0 aromatic carbocycles. The predicted octanol–water partition coefficient (Wildman–Crippen LogP) is 2.92. The monoisotopic (exact) mass is 216 g/mol. The van der Waals surface area contributed by atoms with Crippen LogP contribution in [0.2, 0.25) is 0 Å². The second kappa shape index (κ2) is 6.46. The van der Waals surface area contributed by atoms with Crippen molar-refractivity contribution in [2.75, 3.05) is 13.2 Å². The standard InChI is InChI=1S/C12H26NO2/c1-7-9-14-11(3,4)13-12(5,6)15-10-8-2/h7-10H2,1-6H3. The first-order valence-corrected chi connectivity index (χ1v) is 5.85. The Morgan fingerprint density at radius 1 is 0.800 bits per heavy atom. The zero-order chi connectivity index (χ0) is 11.9. The number of ether oxygens (including phenoxy) is 2. The molecule has 0 aliphatic rings. The van der Waals surface area contributed by atoms with Crippen molar-refractivity contribution in [3.05, 3.63) is 0 Å². The molecule has 3 heteroatoms. The fourth-order valence-corrected chi connectivity index (χ4v) is 1.42. The quantitative estimate of drug-likeness (QED) is 0.625. The molecule has 0 spiro atoms. The lowest BCUT2D eigenvalue weighted by molar-refractivity contribution is -0.135. The highest BCUT2D eigenvalue weighted by molar-refractivity contribution is 4.74. The molecule has 0 fully saturated rings. The molecule has 0 unspecified atom stereocenters. The molecule has 0 aromatic rings. The van der Waals surface area contributed by atoms with Gasteiger partial charge in [-0.05, 0) is 40.5 Å². The van der Waals surface area contributed by atoms with Crippen LogP contribution < -0.4 is 5.32 Å². The number of nitrogens with zero attached hydrogens (tertiary/aromatic N) is 1. The molecule has 0 rings (SSSR count). The second-order valence-corrected chi connectivity index (χ2v) is 4.70. The third-order valence-electron chi connectivity index (χ3n) is 1.86. The van der Waals surface area contributed by atoms with E-state index in [1.807, 2.05) is 27.7 Å². The third-order valence-corrected chi connectivity index (χ3v) is 1.86. The van der Waals surface area contributed by atoms with E-state index in [0.29, 0.717) is 0 Å². The molecule has 1 radical (unpaired) electrons. The van der Waals surface area contributed by atoms with Gasteiger partial charge in [-0.2, -0.15) is 5.32 Å². The van der Waals surface area contributed by atoms with Gasteiger partial charge in [0.25, 0.3) is 0 Å². The maximum atomic E-state index is 5.65. The van der Waals surface area contributed by atoms with E-state index < -0.39 is 11.4 Å². The Kier molecular flexibility index (Phi) is 6.41. The molecule has 91 valence electrons. The fraction of sp³-hybridized carbons (Fsp3) is 1.00. The Morgan fingerprint density at radius 3 is 1.40 bits per heavy atom. The normalized spacial score (nSPS) is 13.2. The van der Waals surface area contributed by atoms with Gasteiger partial charge >= 0.3 is 0 Å². The van der Waals surface area contributed by atoms with Crippen LogP contribution in [-0.2, 0) is 9.47 Å². The van der Waals surface area contributed by atoms with E-state index in [9.17, 15) is 0 Å². The molecule has 0 N–H and O–H groups in total. The summed E-state index contributed by atoms with van der Waals surface area (Å²) >= 11 is 0. The summed E-state index contributed by atoms with van der Waals surface area (Å²) in [5, 5.41) is 4.57. The van der Waals surface area contributed by atoms with Gasteiger partial charge in [-0.1, -0.05) is 13.8 Å². The highest BCUT2D eigenvalue weighted by atomic mass is 16.5. The van der Waals surface area contributed by atoms with E-state index in [2.05, 4.69) is 19.2 Å². The van der Waals surface area contributed by atoms with Crippen molar-refractivity contribution in [3.8, 4) is 0 Å². The lowest BCUT2D eigenvalue weighted by Gasteiger charge is -2.34. The zero-order valence-corrected chi connectivity index (χ0v) is 11.1. The summed E-state index contributed by atoms with van der Waals surface area (Å²) in [4.78, 5) is 0. The van der Waals surface area contributed by atoms with Crippen molar-refractivity contribution < 1.29 is 9.47 Å². The molecule has 0 bridgehead atoms. The van der Waals surface area contributed by atoms with Crippen LogP contribution in [0, 0.1) is 0 Å². The predicted molar refractivity (Wildman–Crippen MR) is 62.8 cm³/mol. The van der Waals surface area contributed by atoms with Gasteiger partial charge in [0.1, 0.15) is 11.4 Å². The minimum Gasteiger partial charge on any atom is -0.360 e. The van der Waals surface area contributed by atoms with Gasteiger partial charge in [-0.25, -0.2) is 0 Å². The van der Waals surface area contributed by atoms with Gasteiger partial charge in [0.05, 0.1) is 0 Å². The summed E-state index contributed by atoms with van der Waals surface area (Å²) in [6, 6.07) is 0. The maximum absolute atomic E-state index is 5.65. The van der Waals surface area contributed by atoms with Crippen molar-refractivity contribution in [2.45, 2.75) is 65.8 Å². The Labute approximate surface area is 94.5 Å². The molecule has 0 heterocycles. The summed E-state index contributed by atoms with van der Waals surface area (Å²) < 4.78 is 11.3. The first kappa shape index (κ1) is 14.9. The first-order valence-electron chi connectivity index (χ1n) is 5.85. The van der Waals surface area contributed by atoms with Crippen LogP contribution in [0.5, 0.6) is 0 Å². The van der Waals surface area contributed by atoms with Crippen molar-refractivity contribution in [1.29, 1.82) is 0 Å². The molecule has 0 amide bonds. The van der Waals surface area contributed by atoms with E-state index in [1.54, 1.807) is 0 Å². The van der Waals surface area contributed by atoms with Crippen LogP contribution in [0.3, 0.4) is 0 Å². The molecule has 0 aliphatic carbocycles. The number of hydrogen-bond donors (Lipinski definition) is 0. The van der Waals surface area contributed by atoms with Crippen molar-refractivity contribution in [1.82, 2.24) is 5.32 Å². The van der Waals surface area contributed by atoms with Gasteiger partial charge in [-0.15, -0.1) is 0 Å². The molecule has 15 heavy (non-hydrogen) atoms. The zero-order valence-electron chi connectivity index (χ0n) is 11.1. The van der Waals surface area contributed by atoms with Crippen LogP contribution >= 0.6 is 0 Å². The average Bonchev–Trinajstić information content (AvgIpc) is 2.10. The van der Waals surface area contributed by atoms with Gasteiger partial charge in [-0.3, -0.25) is 0 Å². The topological polar surface area (TPSA) is 32.6 Å². The van der Waals surface area contributed by atoms with E-state index >= 15 is 0 Å². The molecule has 0 aliphatic heterocycles. The maximum Gasteiger partial charge on any atom is 0.131 e. The van der Waals surface area contributed by atoms with Crippen LogP contribution in [0.4, 0.5) is 0 Å². The van der Waals surface area contributed by atoms with Crippen LogP contribution in [0.25, 0.3) is 0 Å². The minimum atomic E-state index is -0.465. The largest absolute Gasteiger partial charge is 0.360 e. The van der Waals surface area contributed by atoms with Crippen LogP contribution in [-0.4, -0.2) is 24.7 Å². The minimum absolute atomic E-state index is 0.465. The lowest BCUT2D eigenvalue weighted by atomic mass is 10.2. The van der Waals surface area contributed by atoms with Crippen LogP contribution in [0.1, 0.15) is 54.4 Å². The molecule has 0 aromatic heterocycles. The van der Waals surface area contributed by atoms with Crippen molar-refractivity contribution >= 4 is 0 Å². The Balaban J connectivity index is 4.04. The molecule has 0 saturated carbocycles. The smallest absolute Gasteiger partial charge is 0.131 e. The highest BCUT2D eigenvalue weighted by Gasteiger charge is 2.30. The van der Waals surface area contributed by atoms with Gasteiger partial charge in [0.2, 0.25) is 0 Å². The molecule has 3 nitrogen and oxygen atoms in total. The summed E-state index contributed by atoms with van der Waals surface area (Å²) in [5.74, 6) is 0. The van der Waals surface area contributed by atoms with E-state index in [0.717, 1.165) is 26.1 Å². The Hall–Kier alpha value is -0.120. The van der Waals surface area contributed by atoms with E-state index in [4.69, 9.17) is 9.47 Å². The van der Waals surface area contributed by atoms with Crippen molar-refractivity contribution in [3.63, 3.8) is 0 Å². The summed E-state index contributed by atoms with van der Waals surface area (Å²) in [6.45, 7) is 13.5. The third kappa shape index (κ3) is 7.77. The van der Waals surface area contributed by atoms with Gasteiger partial charge < -0.3 is 9.47 Å². The first-order chi connectivity index (χ1) is 6.83. The van der Waals surface area contributed by atoms with Crippen LogP contribution in [0.15, 0.2) is 0 Å². The van der Waals surface area contributed by atoms with Gasteiger partial charge in [0, 0.05) is 13.2 Å². The number of hydrogen-bond acceptors (Lipinski definition) is 2. The highest BCUT2D eigenvalue weighted by Crippen LogP contribution is 2.17. The number of rotatable bonds is 8. The molecule has 0 saturated heterocycles. The Bertz CT molecular complexity index is 149. The summed E-state index contributed by atoms with van der Waals surface area (Å²) in [7, 11) is 0. The summed E-state index contributed by atoms with van der Waals surface area (Å²) in [5.41, 5.74) is -0.930. The van der Waals surface area contributed by atoms with E-state index in [-0.39, 0.29) is 0 Å². The molecule has 0 atom stereocenters.